The molecule has 1 heterocycles. The zero-order valence-corrected chi connectivity index (χ0v) is 18.0. The summed E-state index contributed by atoms with van der Waals surface area (Å²) in [6.07, 6.45) is 7.19. The first-order valence-corrected chi connectivity index (χ1v) is 11.7. The molecule has 1 saturated carbocycles. The molecule has 0 spiro atoms. The summed E-state index contributed by atoms with van der Waals surface area (Å²) in [5.74, 6) is 0.788. The molecule has 6 nitrogen and oxygen atoms in total. The minimum atomic E-state index is -3.61. The number of carbonyl (C=O) groups is 1. The van der Waals surface area contributed by atoms with E-state index in [0.717, 1.165) is 38.5 Å². The Morgan fingerprint density at radius 2 is 1.75 bits per heavy atom. The van der Waals surface area contributed by atoms with E-state index in [1.54, 1.807) is 17.0 Å². The van der Waals surface area contributed by atoms with Crippen LogP contribution in [0.3, 0.4) is 0 Å². The summed E-state index contributed by atoms with van der Waals surface area (Å²) in [6.45, 7) is 3.21. The van der Waals surface area contributed by atoms with Gasteiger partial charge in [0.15, 0.2) is 0 Å². The van der Waals surface area contributed by atoms with Crippen LogP contribution in [0.15, 0.2) is 23.1 Å². The first-order chi connectivity index (χ1) is 13.3. The molecule has 3 rings (SSSR count). The van der Waals surface area contributed by atoms with Gasteiger partial charge in [0.05, 0.1) is 17.6 Å². The first-order valence-electron chi connectivity index (χ1n) is 10.3. The Balaban J connectivity index is 1.88. The Morgan fingerprint density at radius 3 is 2.36 bits per heavy atom. The lowest BCUT2D eigenvalue weighted by atomic mass is 9.94. The van der Waals surface area contributed by atoms with Gasteiger partial charge in [0, 0.05) is 26.2 Å². The van der Waals surface area contributed by atoms with E-state index < -0.39 is 10.0 Å². The molecule has 1 aromatic carbocycles. The summed E-state index contributed by atoms with van der Waals surface area (Å²) in [5.41, 5.74) is 0.321. The smallest absolute Gasteiger partial charge is 0.257 e. The van der Waals surface area contributed by atoms with Crippen LogP contribution in [0.4, 0.5) is 0 Å². The van der Waals surface area contributed by atoms with Crippen molar-refractivity contribution in [1.82, 2.24) is 9.21 Å². The molecule has 0 radical (unpaired) electrons. The first kappa shape index (κ1) is 21.1. The topological polar surface area (TPSA) is 66.9 Å². The van der Waals surface area contributed by atoms with Gasteiger partial charge in [0.25, 0.3) is 5.91 Å². The van der Waals surface area contributed by atoms with Crippen LogP contribution in [0.1, 0.15) is 62.2 Å². The number of hydrogen-bond donors (Lipinski definition) is 0. The molecule has 1 amide bonds. The highest BCUT2D eigenvalue weighted by Crippen LogP contribution is 2.30. The summed E-state index contributed by atoms with van der Waals surface area (Å²) in [7, 11) is -0.293. The van der Waals surface area contributed by atoms with Crippen LogP contribution in [-0.4, -0.2) is 56.8 Å². The zero-order chi connectivity index (χ0) is 20.3. The van der Waals surface area contributed by atoms with E-state index in [2.05, 4.69) is 6.92 Å². The molecule has 0 bridgehead atoms. The van der Waals surface area contributed by atoms with Crippen LogP contribution in [0.5, 0.6) is 5.75 Å². The molecule has 2 fully saturated rings. The third kappa shape index (κ3) is 4.35. The number of ether oxygens (including phenoxy) is 1. The van der Waals surface area contributed by atoms with Crippen molar-refractivity contribution in [2.75, 3.05) is 27.2 Å². The third-order valence-corrected chi connectivity index (χ3v) is 8.12. The fourth-order valence-corrected chi connectivity index (χ4v) is 5.71. The second kappa shape index (κ2) is 8.82. The quantitative estimate of drug-likeness (QED) is 0.748. The molecule has 0 unspecified atom stereocenters. The van der Waals surface area contributed by atoms with E-state index >= 15 is 0 Å². The number of hydrogen-bond acceptors (Lipinski definition) is 4. The van der Waals surface area contributed by atoms with Gasteiger partial charge in [-0.1, -0.05) is 26.2 Å². The predicted octanol–water partition coefficient (Wildman–Crippen LogP) is 3.52. The molecule has 0 aromatic heterocycles. The minimum Gasteiger partial charge on any atom is -0.496 e. The fourth-order valence-electron chi connectivity index (χ4n) is 4.21. The number of piperidine rings is 1. The third-order valence-electron chi connectivity index (χ3n) is 6.22. The van der Waals surface area contributed by atoms with Crippen molar-refractivity contribution in [3.05, 3.63) is 23.8 Å². The molecule has 0 atom stereocenters. The fraction of sp³-hybridized carbons (Fsp3) is 0.667. The Morgan fingerprint density at radius 1 is 1.11 bits per heavy atom. The lowest BCUT2D eigenvalue weighted by molar-refractivity contribution is 0.0692. The van der Waals surface area contributed by atoms with E-state index in [0.29, 0.717) is 30.3 Å². The van der Waals surface area contributed by atoms with Crippen molar-refractivity contribution in [3.63, 3.8) is 0 Å². The molecule has 1 saturated heterocycles. The zero-order valence-electron chi connectivity index (χ0n) is 17.2. The van der Waals surface area contributed by atoms with Crippen molar-refractivity contribution in [2.45, 2.75) is 62.8 Å². The van der Waals surface area contributed by atoms with Gasteiger partial charge in [0.1, 0.15) is 5.75 Å². The summed E-state index contributed by atoms with van der Waals surface area (Å²) in [5, 5.41) is 0. The van der Waals surface area contributed by atoms with E-state index in [-0.39, 0.29) is 16.8 Å². The predicted molar refractivity (Wildman–Crippen MR) is 109 cm³/mol. The molecule has 7 heteroatoms. The average Bonchev–Trinajstić information content (AvgIpc) is 2.73. The molecule has 28 heavy (non-hydrogen) atoms. The number of benzene rings is 1. The Kier molecular flexibility index (Phi) is 6.65. The summed E-state index contributed by atoms with van der Waals surface area (Å²) in [4.78, 5) is 15.1. The minimum absolute atomic E-state index is 0.170. The highest BCUT2D eigenvalue weighted by molar-refractivity contribution is 7.89. The number of rotatable bonds is 5. The largest absolute Gasteiger partial charge is 0.496 e. The van der Waals surface area contributed by atoms with E-state index in [4.69, 9.17) is 4.74 Å². The lowest BCUT2D eigenvalue weighted by Crippen LogP contribution is -2.39. The molecule has 1 aliphatic carbocycles. The number of methoxy groups -OCH3 is 1. The number of nitrogens with zero attached hydrogens (tertiary/aromatic N) is 2. The van der Waals surface area contributed by atoms with Gasteiger partial charge in [0.2, 0.25) is 10.0 Å². The highest BCUT2D eigenvalue weighted by Gasteiger charge is 2.31. The van der Waals surface area contributed by atoms with Gasteiger partial charge >= 0.3 is 0 Å². The number of sulfonamides is 1. The van der Waals surface area contributed by atoms with E-state index in [1.807, 2.05) is 7.05 Å². The number of amides is 1. The Labute approximate surface area is 168 Å². The maximum absolute atomic E-state index is 13.2. The maximum Gasteiger partial charge on any atom is 0.257 e. The van der Waals surface area contributed by atoms with Crippen molar-refractivity contribution in [3.8, 4) is 5.75 Å². The van der Waals surface area contributed by atoms with Gasteiger partial charge in [-0.15, -0.1) is 0 Å². The number of carbonyl (C=O) groups excluding carboxylic acids is 1. The molecule has 2 aliphatic rings. The van der Waals surface area contributed by atoms with Gasteiger partial charge in [-0.05, 0) is 49.8 Å². The summed E-state index contributed by atoms with van der Waals surface area (Å²) >= 11 is 0. The van der Waals surface area contributed by atoms with Crippen LogP contribution in [0.2, 0.25) is 0 Å². The van der Waals surface area contributed by atoms with Crippen LogP contribution in [-0.2, 0) is 10.0 Å². The standard InChI is InChI=1S/C21H32N2O4S/c1-16-11-13-23(14-12-16)28(25,26)18-9-10-20(27-3)19(15-18)21(24)22(2)17-7-5-4-6-8-17/h9-10,15-17H,4-8,11-14H2,1-3H3. The second-order valence-corrected chi connectivity index (χ2v) is 10.1. The maximum atomic E-state index is 13.2. The van der Waals surface area contributed by atoms with Crippen LogP contribution in [0, 0.1) is 5.92 Å². The van der Waals surface area contributed by atoms with E-state index in [9.17, 15) is 13.2 Å². The molecule has 0 N–H and O–H groups in total. The van der Waals surface area contributed by atoms with Gasteiger partial charge in [-0.25, -0.2) is 8.42 Å². The molecule has 1 aliphatic heterocycles. The van der Waals surface area contributed by atoms with Crippen LogP contribution >= 0.6 is 0 Å². The van der Waals surface area contributed by atoms with Gasteiger partial charge in [-0.2, -0.15) is 4.31 Å². The normalized spacial score (nSPS) is 20.1. The lowest BCUT2D eigenvalue weighted by Gasteiger charge is -2.32. The highest BCUT2D eigenvalue weighted by atomic mass is 32.2. The molecular formula is C21H32N2O4S. The van der Waals surface area contributed by atoms with Crippen LogP contribution < -0.4 is 4.74 Å². The molecule has 1 aromatic rings. The van der Waals surface area contributed by atoms with Crippen molar-refractivity contribution >= 4 is 15.9 Å². The average molecular weight is 409 g/mol. The van der Waals surface area contributed by atoms with Crippen molar-refractivity contribution in [1.29, 1.82) is 0 Å². The Hall–Kier alpha value is -1.60. The van der Waals surface area contributed by atoms with Crippen LogP contribution in [0.25, 0.3) is 0 Å². The summed E-state index contributed by atoms with van der Waals surface area (Å²) < 4.78 is 33.1. The second-order valence-electron chi connectivity index (χ2n) is 8.16. The van der Waals surface area contributed by atoms with Gasteiger partial charge < -0.3 is 9.64 Å². The van der Waals surface area contributed by atoms with E-state index in [1.165, 1.54) is 23.9 Å². The SMILES string of the molecule is COc1ccc(S(=O)(=O)N2CCC(C)CC2)cc1C(=O)N(C)C1CCCCC1. The Bertz CT molecular complexity index is 795. The molecule has 156 valence electrons. The monoisotopic (exact) mass is 408 g/mol. The van der Waals surface area contributed by atoms with Crippen molar-refractivity contribution < 1.29 is 17.9 Å². The molecular weight excluding hydrogens is 376 g/mol. The summed E-state index contributed by atoms with van der Waals surface area (Å²) in [6, 6.07) is 4.84. The van der Waals surface area contributed by atoms with Gasteiger partial charge in [-0.3, -0.25) is 4.79 Å². The van der Waals surface area contributed by atoms with Crippen molar-refractivity contribution in [2.24, 2.45) is 5.92 Å².